The largest absolute Gasteiger partial charge is 0.506 e. The molecule has 0 bridgehead atoms. The fourth-order valence-corrected chi connectivity index (χ4v) is 4.16. The Morgan fingerprint density at radius 1 is 1.15 bits per heavy atom. The molecule has 8 nitrogen and oxygen atoms in total. The molecule has 1 amide bonds. The van der Waals surface area contributed by atoms with Crippen LogP contribution in [0.4, 0.5) is 0 Å². The van der Waals surface area contributed by atoms with Gasteiger partial charge in [0.1, 0.15) is 22.1 Å². The number of halogens is 1. The van der Waals surface area contributed by atoms with E-state index in [2.05, 4.69) is 20.9 Å². The van der Waals surface area contributed by atoms with E-state index in [9.17, 15) is 19.5 Å². The molecule has 0 atom stereocenters. The third kappa shape index (κ3) is 6.11. The van der Waals surface area contributed by atoms with Gasteiger partial charge in [-0.15, -0.1) is 0 Å². The number of esters is 1. The molecule has 2 aromatic carbocycles. The van der Waals surface area contributed by atoms with Gasteiger partial charge in [-0.1, -0.05) is 45.9 Å². The molecule has 0 unspecified atom stereocenters. The summed E-state index contributed by atoms with van der Waals surface area (Å²) < 4.78 is 11.0. The Morgan fingerprint density at radius 3 is 2.55 bits per heavy atom. The van der Waals surface area contributed by atoms with Crippen molar-refractivity contribution in [2.24, 2.45) is 4.99 Å². The van der Waals surface area contributed by atoms with Gasteiger partial charge in [-0.25, -0.2) is 14.6 Å². The fourth-order valence-electron chi connectivity index (χ4n) is 2.77. The first kappa shape index (κ1) is 24.3. The number of hydrogen-bond acceptors (Lipinski definition) is 7. The lowest BCUT2D eigenvalue weighted by Crippen LogP contribution is -2.14. The maximum atomic E-state index is 12.6. The van der Waals surface area contributed by atoms with Gasteiger partial charge in [0.05, 0.1) is 11.5 Å². The van der Waals surface area contributed by atoms with Crippen LogP contribution in [0.1, 0.15) is 22.8 Å². The van der Waals surface area contributed by atoms with Gasteiger partial charge in [-0.2, -0.15) is 0 Å². The number of aliphatic imine (C=N–C) groups is 1. The smallest absolute Gasteiger partial charge is 0.344 e. The summed E-state index contributed by atoms with van der Waals surface area (Å²) in [5, 5.41) is 19.7. The number of rotatable bonds is 7. The first-order valence-electron chi connectivity index (χ1n) is 9.63. The number of carbonyl (C=O) groups excluding carboxylic acids is 2. The summed E-state index contributed by atoms with van der Waals surface area (Å²) in [6, 6.07) is 13.2. The molecular formula is C23H18BrNO7S. The number of amides is 1. The summed E-state index contributed by atoms with van der Waals surface area (Å²) >= 11 is 4.26. The van der Waals surface area contributed by atoms with E-state index >= 15 is 0 Å². The van der Waals surface area contributed by atoms with Crippen molar-refractivity contribution in [2.45, 2.75) is 6.92 Å². The van der Waals surface area contributed by atoms with Crippen LogP contribution in [0.25, 0.3) is 6.08 Å². The minimum absolute atomic E-state index is 0.00551. The molecule has 0 radical (unpaired) electrons. The second-order valence-electron chi connectivity index (χ2n) is 6.51. The Labute approximate surface area is 201 Å². The standard InChI is InChI=1S/C23H18BrNO7S/c1-2-31-23(30)19-20(28)17(33-22(19)25-21(29)13-6-4-3-5-7-13)11-14-10-15(24)8-9-16(14)32-12-18(26)27/h3-11,28H,2,12H2,1H3,(H,26,27)/b17-11-,25-22?. The fraction of sp³-hybridized carbons (Fsp3) is 0.130. The van der Waals surface area contributed by atoms with Gasteiger partial charge in [0, 0.05) is 15.6 Å². The normalized spacial score (nSPS) is 15.7. The lowest BCUT2D eigenvalue weighted by Gasteiger charge is -2.08. The maximum absolute atomic E-state index is 12.6. The van der Waals surface area contributed by atoms with Crippen molar-refractivity contribution < 1.29 is 34.1 Å². The molecule has 2 N–H and O–H groups in total. The second-order valence-corrected chi connectivity index (χ2v) is 8.45. The molecule has 3 rings (SSSR count). The molecule has 0 aromatic heterocycles. The van der Waals surface area contributed by atoms with Crippen LogP contribution in [0.3, 0.4) is 0 Å². The van der Waals surface area contributed by atoms with E-state index in [0.29, 0.717) is 15.6 Å². The van der Waals surface area contributed by atoms with Gasteiger partial charge < -0.3 is 19.7 Å². The average molecular weight is 532 g/mol. The number of carboxylic acid groups (broad SMARTS) is 1. The van der Waals surface area contributed by atoms with E-state index in [1.54, 1.807) is 55.5 Å². The molecule has 33 heavy (non-hydrogen) atoms. The zero-order chi connectivity index (χ0) is 24.0. The number of thioether (sulfide) groups is 1. The minimum atomic E-state index is -1.15. The number of carbonyl (C=O) groups is 3. The van der Waals surface area contributed by atoms with Crippen LogP contribution in [-0.2, 0) is 14.3 Å². The van der Waals surface area contributed by atoms with Crippen molar-refractivity contribution in [3.8, 4) is 5.75 Å². The molecule has 0 spiro atoms. The Kier molecular flexibility index (Phi) is 8.07. The van der Waals surface area contributed by atoms with Crippen molar-refractivity contribution in [1.29, 1.82) is 0 Å². The molecule has 0 saturated heterocycles. The van der Waals surface area contributed by atoms with Crippen molar-refractivity contribution in [3.63, 3.8) is 0 Å². The monoisotopic (exact) mass is 531 g/mol. The first-order chi connectivity index (χ1) is 15.8. The highest BCUT2D eigenvalue weighted by Gasteiger charge is 2.34. The van der Waals surface area contributed by atoms with Gasteiger partial charge in [-0.3, -0.25) is 4.79 Å². The Morgan fingerprint density at radius 2 is 1.88 bits per heavy atom. The number of carboxylic acids is 1. The van der Waals surface area contributed by atoms with Gasteiger partial charge in [0.25, 0.3) is 5.91 Å². The van der Waals surface area contributed by atoms with Crippen LogP contribution >= 0.6 is 27.7 Å². The lowest BCUT2D eigenvalue weighted by atomic mass is 10.1. The van der Waals surface area contributed by atoms with Gasteiger partial charge in [0.2, 0.25) is 0 Å². The SMILES string of the molecule is CCOC(=O)C1=C(O)/C(=C/c2cc(Br)ccc2OCC(=O)O)SC1=NC(=O)c1ccccc1. The van der Waals surface area contributed by atoms with Crippen molar-refractivity contribution >= 4 is 56.7 Å². The number of aliphatic hydroxyl groups excluding tert-OH is 1. The third-order valence-corrected chi connectivity index (χ3v) is 5.72. The molecule has 170 valence electrons. The number of aliphatic hydroxyl groups is 1. The minimum Gasteiger partial charge on any atom is -0.506 e. The topological polar surface area (TPSA) is 122 Å². The highest BCUT2D eigenvalue weighted by Crippen LogP contribution is 2.40. The molecule has 1 aliphatic rings. The molecular weight excluding hydrogens is 514 g/mol. The zero-order valence-electron chi connectivity index (χ0n) is 17.3. The quantitative estimate of drug-likeness (QED) is 0.496. The molecule has 0 aliphatic carbocycles. The van der Waals surface area contributed by atoms with Crippen LogP contribution in [0.15, 0.2) is 74.2 Å². The molecule has 10 heteroatoms. The van der Waals surface area contributed by atoms with E-state index in [-0.39, 0.29) is 27.9 Å². The van der Waals surface area contributed by atoms with Gasteiger partial charge in [0.15, 0.2) is 6.61 Å². The van der Waals surface area contributed by atoms with Crippen molar-refractivity contribution in [3.05, 3.63) is 80.4 Å². The van der Waals surface area contributed by atoms with Crippen LogP contribution in [0, 0.1) is 0 Å². The average Bonchev–Trinajstić information content (AvgIpc) is 3.08. The van der Waals surface area contributed by atoms with E-state index in [0.717, 1.165) is 11.8 Å². The summed E-state index contributed by atoms with van der Waals surface area (Å²) in [6.07, 6.45) is 1.51. The lowest BCUT2D eigenvalue weighted by molar-refractivity contribution is -0.139. The van der Waals surface area contributed by atoms with E-state index in [1.807, 2.05) is 0 Å². The van der Waals surface area contributed by atoms with E-state index in [4.69, 9.17) is 14.6 Å². The predicted octanol–water partition coefficient (Wildman–Crippen LogP) is 4.61. The number of ether oxygens (including phenoxy) is 2. The number of nitrogens with zero attached hydrogens (tertiary/aromatic N) is 1. The summed E-state index contributed by atoms with van der Waals surface area (Å²) in [6.45, 7) is 1.13. The molecule has 0 fully saturated rings. The highest BCUT2D eigenvalue weighted by molar-refractivity contribution is 9.10. The summed E-state index contributed by atoms with van der Waals surface area (Å²) in [5.41, 5.74) is 0.543. The summed E-state index contributed by atoms with van der Waals surface area (Å²) in [4.78, 5) is 40.2. The number of benzene rings is 2. The Hall–Kier alpha value is -3.37. The molecule has 1 heterocycles. The van der Waals surface area contributed by atoms with Crippen molar-refractivity contribution in [2.75, 3.05) is 13.2 Å². The zero-order valence-corrected chi connectivity index (χ0v) is 19.7. The van der Waals surface area contributed by atoms with Crippen LogP contribution in [0.5, 0.6) is 5.75 Å². The molecule has 1 aliphatic heterocycles. The molecule has 0 saturated carbocycles. The van der Waals surface area contributed by atoms with E-state index < -0.39 is 30.2 Å². The van der Waals surface area contributed by atoms with Gasteiger partial charge >= 0.3 is 11.9 Å². The summed E-state index contributed by atoms with van der Waals surface area (Å²) in [5.74, 6) is -2.69. The maximum Gasteiger partial charge on any atom is 0.344 e. The van der Waals surface area contributed by atoms with E-state index in [1.165, 1.54) is 6.08 Å². The van der Waals surface area contributed by atoms with Crippen LogP contribution < -0.4 is 4.74 Å². The van der Waals surface area contributed by atoms with Crippen molar-refractivity contribution in [1.82, 2.24) is 0 Å². The predicted molar refractivity (Wildman–Crippen MR) is 127 cm³/mol. The number of aliphatic carboxylic acids is 1. The second kappa shape index (κ2) is 11.0. The van der Waals surface area contributed by atoms with Crippen LogP contribution in [-0.4, -0.2) is 46.3 Å². The highest BCUT2D eigenvalue weighted by atomic mass is 79.9. The third-order valence-electron chi connectivity index (χ3n) is 4.20. The van der Waals surface area contributed by atoms with Gasteiger partial charge in [-0.05, 0) is 43.3 Å². The number of hydrogen-bond donors (Lipinski definition) is 2. The Bertz CT molecular complexity index is 1190. The summed E-state index contributed by atoms with van der Waals surface area (Å²) in [7, 11) is 0. The molecule has 2 aromatic rings. The van der Waals surface area contributed by atoms with Crippen LogP contribution in [0.2, 0.25) is 0 Å². The first-order valence-corrected chi connectivity index (χ1v) is 11.2. The Balaban J connectivity index is 2.04.